The van der Waals surface area contributed by atoms with Gasteiger partial charge in [0.15, 0.2) is 0 Å². The van der Waals surface area contributed by atoms with Gasteiger partial charge in [0, 0.05) is 17.0 Å². The van der Waals surface area contributed by atoms with E-state index in [0.29, 0.717) is 11.5 Å². The molecule has 1 atom stereocenters. The van der Waals surface area contributed by atoms with Crippen LogP contribution in [-0.2, 0) is 4.79 Å². The van der Waals surface area contributed by atoms with E-state index in [-0.39, 0.29) is 17.7 Å². The van der Waals surface area contributed by atoms with Crippen molar-refractivity contribution in [2.75, 3.05) is 5.43 Å². The minimum absolute atomic E-state index is 0.0913. The van der Waals surface area contributed by atoms with Crippen LogP contribution in [0.5, 0.6) is 0 Å². The molecule has 0 aliphatic rings. The third-order valence-electron chi connectivity index (χ3n) is 3.83. The van der Waals surface area contributed by atoms with Gasteiger partial charge in [-0.2, -0.15) is 0 Å². The summed E-state index contributed by atoms with van der Waals surface area (Å²) in [6.07, 6.45) is 0. The number of hydrazine groups is 1. The first-order valence-corrected chi connectivity index (χ1v) is 8.52. The third-order valence-corrected chi connectivity index (χ3v) is 3.83. The van der Waals surface area contributed by atoms with E-state index in [1.165, 1.54) is 0 Å². The number of nitrogens with zero attached hydrogens (tertiary/aromatic N) is 2. The topological polar surface area (TPSA) is 96.0 Å². The number of carbonyl (C=O) groups is 2. The smallest absolute Gasteiger partial charge is 0.261 e. The van der Waals surface area contributed by atoms with E-state index in [9.17, 15) is 9.59 Å². The van der Waals surface area contributed by atoms with Gasteiger partial charge < -0.3 is 5.32 Å². The first-order chi connectivity index (χ1) is 12.3. The zero-order chi connectivity index (χ0) is 19.3. The largest absolute Gasteiger partial charge is 0.340 e. The summed E-state index contributed by atoms with van der Waals surface area (Å²) in [5.74, 6) is -0.431. The van der Waals surface area contributed by atoms with Crippen molar-refractivity contribution in [3.63, 3.8) is 0 Å². The summed E-state index contributed by atoms with van der Waals surface area (Å²) in [6.45, 7) is 9.38. The van der Waals surface area contributed by atoms with Crippen molar-refractivity contribution in [2.24, 2.45) is 5.92 Å². The number of rotatable bonds is 6. The van der Waals surface area contributed by atoms with Crippen molar-refractivity contribution >= 4 is 17.8 Å². The second-order valence-electron chi connectivity index (χ2n) is 6.65. The number of carbonyl (C=O) groups excluding carboxylic acids is 2. The summed E-state index contributed by atoms with van der Waals surface area (Å²) in [5.41, 5.74) is 8.45. The third kappa shape index (κ3) is 5.27. The maximum atomic E-state index is 12.5. The molecular weight excluding hydrogens is 330 g/mol. The van der Waals surface area contributed by atoms with Crippen molar-refractivity contribution in [1.29, 1.82) is 0 Å². The number of hydrogen-bond donors (Lipinski definition) is 3. The van der Waals surface area contributed by atoms with Gasteiger partial charge in [-0.05, 0) is 44.9 Å². The monoisotopic (exact) mass is 355 g/mol. The molecule has 7 heteroatoms. The van der Waals surface area contributed by atoms with Crippen molar-refractivity contribution in [2.45, 2.75) is 40.7 Å². The fourth-order valence-electron chi connectivity index (χ4n) is 2.44. The average Bonchev–Trinajstić information content (AvgIpc) is 2.57. The highest BCUT2D eigenvalue weighted by Crippen LogP contribution is 2.07. The second kappa shape index (κ2) is 8.42. The fraction of sp³-hybridized carbons (Fsp3) is 0.368. The Labute approximate surface area is 153 Å². The molecule has 2 rings (SSSR count). The number of aryl methyl sites for hydroxylation is 3. The Bertz CT molecular complexity index is 767. The van der Waals surface area contributed by atoms with Crippen LogP contribution >= 0.6 is 0 Å². The molecule has 1 aromatic carbocycles. The molecule has 1 aromatic heterocycles. The molecule has 0 saturated carbocycles. The van der Waals surface area contributed by atoms with Gasteiger partial charge in [0.05, 0.1) is 0 Å². The predicted molar refractivity (Wildman–Crippen MR) is 101 cm³/mol. The fourth-order valence-corrected chi connectivity index (χ4v) is 2.44. The van der Waals surface area contributed by atoms with E-state index in [0.717, 1.165) is 17.0 Å². The Kier molecular flexibility index (Phi) is 6.27. The number of anilines is 1. The van der Waals surface area contributed by atoms with Crippen LogP contribution in [0.2, 0.25) is 0 Å². The lowest BCUT2D eigenvalue weighted by Gasteiger charge is -2.22. The first kappa shape index (κ1) is 19.4. The Hall–Kier alpha value is -2.96. The summed E-state index contributed by atoms with van der Waals surface area (Å²) in [6, 6.07) is 8.34. The van der Waals surface area contributed by atoms with Crippen LogP contribution < -0.4 is 16.2 Å². The minimum Gasteiger partial charge on any atom is -0.340 e. The molecule has 0 spiro atoms. The van der Waals surface area contributed by atoms with Crippen LogP contribution in [-0.4, -0.2) is 27.8 Å². The lowest BCUT2D eigenvalue weighted by molar-refractivity contribution is -0.123. The van der Waals surface area contributed by atoms with Crippen LogP contribution in [0.1, 0.15) is 41.2 Å². The maximum absolute atomic E-state index is 12.5. The van der Waals surface area contributed by atoms with Crippen LogP contribution in [0.15, 0.2) is 30.3 Å². The zero-order valence-corrected chi connectivity index (χ0v) is 15.8. The summed E-state index contributed by atoms with van der Waals surface area (Å²) in [7, 11) is 0. The number of aromatic nitrogens is 2. The van der Waals surface area contributed by atoms with Crippen LogP contribution in [0.4, 0.5) is 5.95 Å². The molecule has 2 aromatic rings. The molecular formula is C19H25N5O2. The van der Waals surface area contributed by atoms with E-state index < -0.39 is 6.04 Å². The maximum Gasteiger partial charge on any atom is 0.261 e. The van der Waals surface area contributed by atoms with Crippen molar-refractivity contribution < 1.29 is 9.59 Å². The number of amides is 2. The van der Waals surface area contributed by atoms with Crippen molar-refractivity contribution in [3.8, 4) is 0 Å². The van der Waals surface area contributed by atoms with Crippen LogP contribution in [0.3, 0.4) is 0 Å². The predicted octanol–water partition coefficient (Wildman–Crippen LogP) is 2.30. The molecule has 1 unspecified atom stereocenters. The average molecular weight is 355 g/mol. The Balaban J connectivity index is 2.02. The zero-order valence-electron chi connectivity index (χ0n) is 15.8. The first-order valence-electron chi connectivity index (χ1n) is 8.52. The molecule has 0 saturated heterocycles. The van der Waals surface area contributed by atoms with Gasteiger partial charge in [0.25, 0.3) is 11.8 Å². The summed E-state index contributed by atoms with van der Waals surface area (Å²) < 4.78 is 0. The molecule has 26 heavy (non-hydrogen) atoms. The number of hydrogen-bond acceptors (Lipinski definition) is 5. The Morgan fingerprint density at radius 2 is 1.54 bits per heavy atom. The highest BCUT2D eigenvalue weighted by atomic mass is 16.2. The molecule has 3 N–H and O–H groups in total. The van der Waals surface area contributed by atoms with Gasteiger partial charge in [-0.15, -0.1) is 0 Å². The van der Waals surface area contributed by atoms with Gasteiger partial charge in [-0.3, -0.25) is 20.4 Å². The molecule has 2 amide bonds. The van der Waals surface area contributed by atoms with E-state index >= 15 is 0 Å². The SMILES string of the molecule is Cc1ccc(C(=O)NC(C(=O)NNc2nc(C)cc(C)n2)C(C)C)cc1. The van der Waals surface area contributed by atoms with Gasteiger partial charge in [-0.25, -0.2) is 9.97 Å². The molecule has 138 valence electrons. The van der Waals surface area contributed by atoms with Crippen LogP contribution in [0.25, 0.3) is 0 Å². The van der Waals surface area contributed by atoms with Gasteiger partial charge in [0.2, 0.25) is 5.95 Å². The summed E-state index contributed by atoms with van der Waals surface area (Å²) >= 11 is 0. The van der Waals surface area contributed by atoms with Crippen molar-refractivity contribution in [3.05, 3.63) is 52.8 Å². The molecule has 1 heterocycles. The van der Waals surface area contributed by atoms with E-state index in [2.05, 4.69) is 26.1 Å². The highest BCUT2D eigenvalue weighted by molar-refractivity contribution is 5.97. The Morgan fingerprint density at radius 3 is 2.08 bits per heavy atom. The van der Waals surface area contributed by atoms with Gasteiger partial charge >= 0.3 is 0 Å². The summed E-state index contributed by atoms with van der Waals surface area (Å²) in [4.78, 5) is 33.3. The van der Waals surface area contributed by atoms with Crippen LogP contribution in [0, 0.1) is 26.7 Å². The van der Waals surface area contributed by atoms with E-state index in [4.69, 9.17) is 0 Å². The molecule has 0 fully saturated rings. The molecule has 0 aliphatic carbocycles. The normalized spacial score (nSPS) is 11.8. The van der Waals surface area contributed by atoms with E-state index in [1.54, 1.807) is 12.1 Å². The Morgan fingerprint density at radius 1 is 0.962 bits per heavy atom. The quantitative estimate of drug-likeness (QED) is 0.691. The molecule has 0 aliphatic heterocycles. The number of nitrogens with one attached hydrogen (secondary N) is 3. The second-order valence-corrected chi connectivity index (χ2v) is 6.65. The van der Waals surface area contributed by atoms with Crippen molar-refractivity contribution in [1.82, 2.24) is 20.7 Å². The lowest BCUT2D eigenvalue weighted by Crippen LogP contribution is -2.51. The number of benzene rings is 1. The summed E-state index contributed by atoms with van der Waals surface area (Å²) in [5, 5.41) is 2.78. The molecule has 0 radical (unpaired) electrons. The van der Waals surface area contributed by atoms with Gasteiger partial charge in [0.1, 0.15) is 6.04 Å². The molecule has 7 nitrogen and oxygen atoms in total. The van der Waals surface area contributed by atoms with Gasteiger partial charge in [-0.1, -0.05) is 31.5 Å². The highest BCUT2D eigenvalue weighted by Gasteiger charge is 2.24. The standard InChI is InChI=1S/C19H25N5O2/c1-11(2)16(22-17(25)15-8-6-12(3)7-9-15)18(26)23-24-19-20-13(4)10-14(5)21-19/h6-11,16H,1-5H3,(H,22,25)(H,23,26)(H,20,21,24). The lowest BCUT2D eigenvalue weighted by atomic mass is 10.0. The minimum atomic E-state index is -0.692. The van der Waals surface area contributed by atoms with E-state index in [1.807, 2.05) is 52.8 Å². The molecule has 0 bridgehead atoms.